The molecule has 0 spiro atoms. The number of benzene rings is 1. The van der Waals surface area contributed by atoms with Gasteiger partial charge in [0.2, 0.25) is 0 Å². The number of nitrogens with zero attached hydrogens (tertiary/aromatic N) is 3. The minimum absolute atomic E-state index is 0.0585. The fourth-order valence-corrected chi connectivity index (χ4v) is 9.38. The predicted octanol–water partition coefficient (Wildman–Crippen LogP) is 6.37. The van der Waals surface area contributed by atoms with Crippen LogP contribution in [0.1, 0.15) is 64.9 Å². The van der Waals surface area contributed by atoms with Crippen LogP contribution in [0.3, 0.4) is 0 Å². The van der Waals surface area contributed by atoms with Crippen molar-refractivity contribution in [1.29, 1.82) is 0 Å². The summed E-state index contributed by atoms with van der Waals surface area (Å²) in [5, 5.41) is 6.77. The Balaban J connectivity index is 1.26. The fourth-order valence-electron chi connectivity index (χ4n) is 8.16. The summed E-state index contributed by atoms with van der Waals surface area (Å²) in [5.74, 6) is 1.66. The SMILES string of the molecule is COP(=O)(N[C@H](C)C(=O)OCc1ccccc1)OC[C@@]1(N=[N+]=[N-])O[C@@H](C23CC4CC(CC(C4)C2)C3)[C@H](C)[C@@H]1C. The molecular weight excluding hydrogens is 519 g/mol. The maximum Gasteiger partial charge on any atom is 0.406 e. The minimum Gasteiger partial charge on any atom is -0.460 e. The number of rotatable bonds is 11. The molecular formula is C28H41N4O6P. The van der Waals surface area contributed by atoms with Crippen molar-refractivity contribution in [2.75, 3.05) is 13.7 Å². The molecule has 0 amide bonds. The Morgan fingerprint density at radius 2 is 1.79 bits per heavy atom. The van der Waals surface area contributed by atoms with E-state index >= 15 is 0 Å². The predicted molar refractivity (Wildman–Crippen MR) is 145 cm³/mol. The average Bonchev–Trinajstić information content (AvgIpc) is 3.17. The third kappa shape index (κ3) is 5.65. The van der Waals surface area contributed by atoms with Crippen molar-refractivity contribution in [2.24, 2.45) is 40.1 Å². The van der Waals surface area contributed by atoms with Crippen molar-refractivity contribution in [3.8, 4) is 0 Å². The van der Waals surface area contributed by atoms with Crippen molar-refractivity contribution in [3.05, 3.63) is 46.3 Å². The number of nitrogens with one attached hydrogen (secondary N) is 1. The summed E-state index contributed by atoms with van der Waals surface area (Å²) >= 11 is 0. The summed E-state index contributed by atoms with van der Waals surface area (Å²) in [6.07, 6.45) is 7.41. The van der Waals surface area contributed by atoms with E-state index in [0.717, 1.165) is 42.6 Å². The molecule has 6 atom stereocenters. The standard InChI is InChI=1S/C28H41N4O6P/c1-18-19(2)28(31-32-29,38-25(18)27-13-22-10-23(14-27)12-24(11-22)15-27)17-37-39(34,35-4)30-20(3)26(33)36-16-21-8-6-5-7-9-21/h5-9,18-20,22-25H,10-17H2,1-4H3,(H,30,34)/t18-,19+,20-,22?,23?,24?,25-,27?,28-,39?/m1/s1. The Labute approximate surface area is 230 Å². The molecule has 39 heavy (non-hydrogen) atoms. The number of carbonyl (C=O) groups excluding carboxylic acids is 1. The van der Waals surface area contributed by atoms with Gasteiger partial charge in [-0.1, -0.05) is 49.3 Å². The lowest BCUT2D eigenvalue weighted by Crippen LogP contribution is -2.53. The smallest absolute Gasteiger partial charge is 0.406 e. The molecule has 1 aliphatic heterocycles. The molecule has 11 heteroatoms. The Bertz CT molecular complexity index is 1110. The first-order valence-corrected chi connectivity index (χ1v) is 15.7. The van der Waals surface area contributed by atoms with Gasteiger partial charge in [0.1, 0.15) is 12.6 Å². The zero-order valence-corrected chi connectivity index (χ0v) is 24.2. The van der Waals surface area contributed by atoms with E-state index in [4.69, 9.17) is 18.5 Å². The van der Waals surface area contributed by atoms with Gasteiger partial charge < -0.3 is 14.0 Å². The maximum absolute atomic E-state index is 13.5. The normalized spacial score (nSPS) is 39.1. The molecule has 1 unspecified atom stereocenters. The highest BCUT2D eigenvalue weighted by molar-refractivity contribution is 7.51. The van der Waals surface area contributed by atoms with Crippen molar-refractivity contribution >= 4 is 13.7 Å². The Morgan fingerprint density at radius 3 is 2.36 bits per heavy atom. The van der Waals surface area contributed by atoms with Crippen molar-refractivity contribution < 1.29 is 27.9 Å². The zero-order chi connectivity index (χ0) is 27.8. The first-order valence-electron chi connectivity index (χ1n) is 14.1. The van der Waals surface area contributed by atoms with Crippen LogP contribution in [0.5, 0.6) is 0 Å². The number of azide groups is 1. The van der Waals surface area contributed by atoms with Gasteiger partial charge in [0, 0.05) is 12.0 Å². The van der Waals surface area contributed by atoms with Crippen LogP contribution in [0, 0.1) is 35.0 Å². The molecule has 4 aliphatic carbocycles. The van der Waals surface area contributed by atoms with Crippen molar-refractivity contribution in [3.63, 3.8) is 0 Å². The van der Waals surface area contributed by atoms with Gasteiger partial charge in [-0.05, 0) is 91.5 Å². The summed E-state index contributed by atoms with van der Waals surface area (Å²) in [4.78, 5) is 15.7. The molecule has 214 valence electrons. The van der Waals surface area contributed by atoms with Crippen LogP contribution in [0.2, 0.25) is 0 Å². The summed E-state index contributed by atoms with van der Waals surface area (Å²) < 4.78 is 36.6. The monoisotopic (exact) mass is 560 g/mol. The highest BCUT2D eigenvalue weighted by atomic mass is 31.2. The van der Waals surface area contributed by atoms with Gasteiger partial charge >= 0.3 is 13.7 Å². The molecule has 10 nitrogen and oxygen atoms in total. The summed E-state index contributed by atoms with van der Waals surface area (Å²) in [7, 11) is -2.72. The third-order valence-electron chi connectivity index (χ3n) is 9.82. The van der Waals surface area contributed by atoms with E-state index < -0.39 is 25.5 Å². The summed E-state index contributed by atoms with van der Waals surface area (Å²) in [6, 6.07) is 8.34. The number of hydrogen-bond acceptors (Lipinski definition) is 7. The molecule has 4 bridgehead atoms. The van der Waals surface area contributed by atoms with E-state index in [1.54, 1.807) is 0 Å². The molecule has 0 radical (unpaired) electrons. The molecule has 5 aliphatic rings. The number of hydrogen-bond donors (Lipinski definition) is 1. The molecule has 6 rings (SSSR count). The van der Waals surface area contributed by atoms with Crippen LogP contribution < -0.4 is 5.09 Å². The van der Waals surface area contributed by atoms with E-state index in [9.17, 15) is 14.9 Å². The largest absolute Gasteiger partial charge is 0.460 e. The third-order valence-corrected chi connectivity index (χ3v) is 11.5. The Kier molecular flexibility index (Phi) is 8.18. The molecule has 1 aromatic rings. The van der Waals surface area contributed by atoms with Gasteiger partial charge in [-0.25, -0.2) is 9.65 Å². The highest BCUT2D eigenvalue weighted by Gasteiger charge is 2.62. The second kappa shape index (κ2) is 11.2. The second-order valence-corrected chi connectivity index (χ2v) is 14.3. The number of carbonyl (C=O) groups is 1. The number of ether oxygens (including phenoxy) is 2. The van der Waals surface area contributed by atoms with Crippen molar-refractivity contribution in [2.45, 2.75) is 83.8 Å². The lowest BCUT2D eigenvalue weighted by Gasteiger charge is -2.59. The molecule has 0 aromatic heterocycles. The average molecular weight is 561 g/mol. The molecule has 1 heterocycles. The van der Waals surface area contributed by atoms with Crippen LogP contribution in [-0.2, 0) is 34.5 Å². The first-order chi connectivity index (χ1) is 18.6. The van der Waals surface area contributed by atoms with Crippen LogP contribution in [-0.4, -0.2) is 37.6 Å². The summed E-state index contributed by atoms with van der Waals surface area (Å²) in [5.41, 5.74) is 9.13. The van der Waals surface area contributed by atoms with Gasteiger partial charge in [0.05, 0.1) is 12.7 Å². The van der Waals surface area contributed by atoms with Crippen LogP contribution >= 0.6 is 7.75 Å². The van der Waals surface area contributed by atoms with Crippen LogP contribution in [0.4, 0.5) is 0 Å². The van der Waals surface area contributed by atoms with Crippen LogP contribution in [0.25, 0.3) is 10.4 Å². The topological polar surface area (TPSA) is 132 Å². The minimum atomic E-state index is -3.96. The quantitative estimate of drug-likeness (QED) is 0.109. The van der Waals surface area contributed by atoms with Gasteiger partial charge in [-0.3, -0.25) is 9.32 Å². The van der Waals surface area contributed by atoms with E-state index in [0.29, 0.717) is 0 Å². The second-order valence-electron chi connectivity index (χ2n) is 12.4. The van der Waals surface area contributed by atoms with E-state index in [1.807, 2.05) is 37.3 Å². The fraction of sp³-hybridized carbons (Fsp3) is 0.750. The molecule has 4 saturated carbocycles. The van der Waals surface area contributed by atoms with Crippen molar-refractivity contribution in [1.82, 2.24) is 5.09 Å². The lowest BCUT2D eigenvalue weighted by atomic mass is 9.47. The van der Waals surface area contributed by atoms with E-state index in [-0.39, 0.29) is 36.6 Å². The Morgan fingerprint density at radius 1 is 1.18 bits per heavy atom. The molecule has 5 fully saturated rings. The molecule has 1 aromatic carbocycles. The highest BCUT2D eigenvalue weighted by Crippen LogP contribution is 2.65. The zero-order valence-electron chi connectivity index (χ0n) is 23.3. The molecule has 1 N–H and O–H groups in total. The van der Waals surface area contributed by atoms with Gasteiger partial charge in [-0.15, -0.1) is 0 Å². The summed E-state index contributed by atoms with van der Waals surface area (Å²) in [6.45, 7) is 5.55. The Hall–Kier alpha value is -1.93. The molecule has 1 saturated heterocycles. The lowest BCUT2D eigenvalue weighted by molar-refractivity contribution is -0.173. The first kappa shape index (κ1) is 28.6. The number of esters is 1. The maximum atomic E-state index is 13.5. The van der Waals surface area contributed by atoms with E-state index in [1.165, 1.54) is 33.3 Å². The van der Waals surface area contributed by atoms with E-state index in [2.05, 4.69) is 22.0 Å². The van der Waals surface area contributed by atoms with Crippen LogP contribution in [0.15, 0.2) is 35.4 Å². The van der Waals surface area contributed by atoms with Gasteiger partial charge in [0.25, 0.3) is 0 Å². The van der Waals surface area contributed by atoms with Gasteiger partial charge in [0.15, 0.2) is 5.72 Å². The van der Waals surface area contributed by atoms with Gasteiger partial charge in [-0.2, -0.15) is 0 Å².